The molecule has 0 spiro atoms. The van der Waals surface area contributed by atoms with Crippen molar-refractivity contribution in [3.63, 3.8) is 0 Å². The molecule has 4 heteroatoms. The summed E-state index contributed by atoms with van der Waals surface area (Å²) in [6, 6.07) is 0. The molecule has 1 heterocycles. The van der Waals surface area contributed by atoms with Crippen molar-refractivity contribution in [1.29, 1.82) is 0 Å². The largest absolute Gasteiger partial charge is 0.462 e. The van der Waals surface area contributed by atoms with E-state index in [9.17, 15) is 4.79 Å². The average molecular weight is 271 g/mol. The molecule has 0 unspecified atom stereocenters. The van der Waals surface area contributed by atoms with Gasteiger partial charge in [-0.1, -0.05) is 13.3 Å². The first kappa shape index (κ1) is 16.4. The van der Waals surface area contributed by atoms with E-state index in [1.807, 2.05) is 0 Å². The zero-order valence-electron chi connectivity index (χ0n) is 13.3. The Labute approximate surface area is 117 Å². The second-order valence-electron chi connectivity index (χ2n) is 6.75. The highest BCUT2D eigenvalue weighted by Crippen LogP contribution is 2.39. The lowest BCUT2D eigenvalue weighted by Crippen LogP contribution is -2.62. The molecule has 1 fully saturated rings. The zero-order chi connectivity index (χ0) is 14.7. The normalized spacial score (nSPS) is 23.3. The Morgan fingerprint density at radius 1 is 1.21 bits per heavy atom. The number of nitrogens with zero attached hydrogens (tertiary/aromatic N) is 1. The number of hydrogen-bond donors (Lipinski definition) is 0. The predicted molar refractivity (Wildman–Crippen MR) is 75.6 cm³/mol. The first-order valence-electron chi connectivity index (χ1n) is 7.29. The minimum atomic E-state index is -0.197. The summed E-state index contributed by atoms with van der Waals surface area (Å²) in [7, 11) is 0. The average Bonchev–Trinajstić information content (AvgIpc) is 2.19. The fourth-order valence-corrected chi connectivity index (χ4v) is 3.14. The lowest BCUT2D eigenvalue weighted by Gasteiger charge is -2.53. The van der Waals surface area contributed by atoms with Crippen molar-refractivity contribution in [2.75, 3.05) is 6.61 Å². The van der Waals surface area contributed by atoms with Gasteiger partial charge in [-0.25, -0.2) is 0 Å². The van der Waals surface area contributed by atoms with Crippen molar-refractivity contribution in [2.24, 2.45) is 0 Å². The number of carbonyl (C=O) groups excluding carboxylic acids is 1. The van der Waals surface area contributed by atoms with E-state index in [-0.39, 0.29) is 23.2 Å². The summed E-state index contributed by atoms with van der Waals surface area (Å²) < 4.78 is 5.42. The summed E-state index contributed by atoms with van der Waals surface area (Å²) in [5.41, 5.74) is -0.259. The molecule has 0 saturated carbocycles. The molecular formula is C15H29NO3. The van der Waals surface area contributed by atoms with Crippen LogP contribution in [0.5, 0.6) is 0 Å². The van der Waals surface area contributed by atoms with Crippen molar-refractivity contribution >= 4 is 5.97 Å². The van der Waals surface area contributed by atoms with Gasteiger partial charge in [0.2, 0.25) is 0 Å². The molecule has 0 radical (unpaired) electrons. The monoisotopic (exact) mass is 271 g/mol. The zero-order valence-corrected chi connectivity index (χ0v) is 13.3. The summed E-state index contributed by atoms with van der Waals surface area (Å²) in [4.78, 5) is 17.2. The molecule has 0 aliphatic carbocycles. The topological polar surface area (TPSA) is 38.8 Å². The van der Waals surface area contributed by atoms with Gasteiger partial charge < -0.3 is 4.74 Å². The van der Waals surface area contributed by atoms with E-state index in [2.05, 4.69) is 39.7 Å². The van der Waals surface area contributed by atoms with E-state index < -0.39 is 0 Å². The van der Waals surface area contributed by atoms with Crippen molar-refractivity contribution < 1.29 is 14.4 Å². The molecule has 19 heavy (non-hydrogen) atoms. The quantitative estimate of drug-likeness (QED) is 0.568. The highest BCUT2D eigenvalue weighted by Gasteiger charge is 2.47. The lowest BCUT2D eigenvalue weighted by atomic mass is 9.80. The van der Waals surface area contributed by atoms with Crippen LogP contribution in [0.25, 0.3) is 0 Å². The first-order valence-corrected chi connectivity index (χ1v) is 7.29. The summed E-state index contributed by atoms with van der Waals surface area (Å²) in [5.74, 6) is -0.197. The van der Waals surface area contributed by atoms with Crippen LogP contribution in [0.15, 0.2) is 0 Å². The van der Waals surface area contributed by atoms with Crippen molar-refractivity contribution in [1.82, 2.24) is 5.06 Å². The van der Waals surface area contributed by atoms with Crippen LogP contribution in [0, 0.1) is 0 Å². The van der Waals surface area contributed by atoms with Gasteiger partial charge in [0.25, 0.3) is 0 Å². The predicted octanol–water partition coefficient (Wildman–Crippen LogP) is 3.30. The second kappa shape index (κ2) is 6.23. The minimum absolute atomic E-state index is 0.0199. The molecule has 112 valence electrons. The van der Waals surface area contributed by atoms with Gasteiger partial charge in [-0.15, -0.1) is 0 Å². The number of ether oxygens (including phenoxy) is 1. The molecule has 0 N–H and O–H groups in total. The van der Waals surface area contributed by atoms with Gasteiger partial charge in [0.1, 0.15) is 6.10 Å². The third-order valence-electron chi connectivity index (χ3n) is 3.60. The molecule has 0 aromatic heterocycles. The third kappa shape index (κ3) is 4.46. The fraction of sp³-hybridized carbons (Fsp3) is 0.933. The van der Waals surface area contributed by atoms with Crippen LogP contribution in [0.3, 0.4) is 0 Å². The standard InChI is InChI=1S/C15H29NO3/c1-7-8-9-18-16-14(3,4)10-13(19-12(2)17)11-15(16,5)6/h13H,7-11H2,1-6H3. The molecule has 0 aromatic carbocycles. The van der Waals surface area contributed by atoms with E-state index in [1.54, 1.807) is 0 Å². The smallest absolute Gasteiger partial charge is 0.302 e. The van der Waals surface area contributed by atoms with Crippen LogP contribution in [0.2, 0.25) is 0 Å². The van der Waals surface area contributed by atoms with E-state index >= 15 is 0 Å². The van der Waals surface area contributed by atoms with E-state index in [4.69, 9.17) is 9.57 Å². The van der Waals surface area contributed by atoms with Crippen molar-refractivity contribution in [2.45, 2.75) is 84.4 Å². The molecule has 1 rings (SSSR count). The number of hydrogen-bond acceptors (Lipinski definition) is 4. The van der Waals surface area contributed by atoms with Crippen LogP contribution < -0.4 is 0 Å². The van der Waals surface area contributed by atoms with E-state index in [0.29, 0.717) is 0 Å². The molecule has 4 nitrogen and oxygen atoms in total. The number of esters is 1. The molecule has 0 aromatic rings. The molecule has 0 atom stereocenters. The van der Waals surface area contributed by atoms with Gasteiger partial charge in [-0.05, 0) is 34.1 Å². The van der Waals surface area contributed by atoms with E-state index in [1.165, 1.54) is 6.92 Å². The number of piperidine rings is 1. The lowest BCUT2D eigenvalue weighted by molar-refractivity contribution is -0.293. The molecule has 0 bridgehead atoms. The Hall–Kier alpha value is -0.610. The third-order valence-corrected chi connectivity index (χ3v) is 3.60. The second-order valence-corrected chi connectivity index (χ2v) is 6.75. The van der Waals surface area contributed by atoms with Gasteiger partial charge in [0.15, 0.2) is 0 Å². The van der Waals surface area contributed by atoms with Crippen LogP contribution in [-0.2, 0) is 14.4 Å². The Morgan fingerprint density at radius 3 is 2.16 bits per heavy atom. The molecular weight excluding hydrogens is 242 g/mol. The number of carbonyl (C=O) groups is 1. The highest BCUT2D eigenvalue weighted by molar-refractivity contribution is 5.66. The van der Waals surface area contributed by atoms with Gasteiger partial charge >= 0.3 is 5.97 Å². The maximum Gasteiger partial charge on any atom is 0.302 e. The molecule has 1 aliphatic heterocycles. The molecule has 1 aliphatic rings. The number of rotatable bonds is 5. The van der Waals surface area contributed by atoms with Crippen molar-refractivity contribution in [3.8, 4) is 0 Å². The fourth-order valence-electron chi connectivity index (χ4n) is 3.14. The summed E-state index contributed by atoms with van der Waals surface area (Å²) >= 11 is 0. The molecule has 0 amide bonds. The van der Waals surface area contributed by atoms with Crippen LogP contribution in [0.1, 0.15) is 67.2 Å². The first-order chi connectivity index (χ1) is 8.69. The van der Waals surface area contributed by atoms with Gasteiger partial charge in [-0.2, -0.15) is 5.06 Å². The highest BCUT2D eigenvalue weighted by atomic mass is 16.7. The van der Waals surface area contributed by atoms with Gasteiger partial charge in [0, 0.05) is 30.8 Å². The van der Waals surface area contributed by atoms with Crippen LogP contribution in [-0.4, -0.2) is 34.8 Å². The maximum absolute atomic E-state index is 11.2. The number of unbranched alkanes of at least 4 members (excludes halogenated alkanes) is 1. The van der Waals surface area contributed by atoms with Gasteiger partial charge in [0.05, 0.1) is 6.61 Å². The summed E-state index contributed by atoms with van der Waals surface area (Å²) in [6.07, 6.45) is 3.79. The van der Waals surface area contributed by atoms with E-state index in [0.717, 1.165) is 32.3 Å². The van der Waals surface area contributed by atoms with Crippen molar-refractivity contribution in [3.05, 3.63) is 0 Å². The number of hydroxylamine groups is 2. The van der Waals surface area contributed by atoms with Crippen LogP contribution in [0.4, 0.5) is 0 Å². The van der Waals surface area contributed by atoms with Gasteiger partial charge in [-0.3, -0.25) is 9.63 Å². The SMILES string of the molecule is CCCCON1C(C)(C)CC(OC(C)=O)CC1(C)C. The summed E-state index contributed by atoms with van der Waals surface area (Å²) in [6.45, 7) is 13.0. The minimum Gasteiger partial charge on any atom is -0.462 e. The van der Waals surface area contributed by atoms with Crippen LogP contribution >= 0.6 is 0 Å². The Bertz CT molecular complexity index is 295. The summed E-state index contributed by atoms with van der Waals surface area (Å²) in [5, 5.41) is 2.11. The Balaban J connectivity index is 2.74. The maximum atomic E-state index is 11.2. The Kier molecular flexibility index (Phi) is 5.39. The Morgan fingerprint density at radius 2 is 1.74 bits per heavy atom. The molecule has 1 saturated heterocycles.